The fourth-order valence-corrected chi connectivity index (χ4v) is 2.83. The number of thiophene rings is 1. The second-order valence-corrected chi connectivity index (χ2v) is 5.48. The van der Waals surface area contributed by atoms with Gasteiger partial charge < -0.3 is 20.3 Å². The minimum absolute atomic E-state index is 0.0871. The minimum Gasteiger partial charge on any atom is -0.450 e. The van der Waals surface area contributed by atoms with Gasteiger partial charge in [-0.05, 0) is 18.4 Å². The summed E-state index contributed by atoms with van der Waals surface area (Å²) in [6.45, 7) is 4.11. The third-order valence-electron chi connectivity index (χ3n) is 3.23. The molecule has 1 aromatic heterocycles. The van der Waals surface area contributed by atoms with Gasteiger partial charge in [-0.1, -0.05) is 6.07 Å². The molecule has 0 spiro atoms. The van der Waals surface area contributed by atoms with Crippen LogP contribution in [0.5, 0.6) is 0 Å². The summed E-state index contributed by atoms with van der Waals surface area (Å²) in [6, 6.07) is 3.14. The van der Waals surface area contributed by atoms with Crippen LogP contribution in [-0.4, -0.2) is 54.6 Å². The van der Waals surface area contributed by atoms with Crippen molar-refractivity contribution in [2.24, 2.45) is 5.73 Å². The molecule has 0 bridgehead atoms. The summed E-state index contributed by atoms with van der Waals surface area (Å²) < 4.78 is 4.94. The number of hydrogen-bond acceptors (Lipinski definition) is 5. The summed E-state index contributed by atoms with van der Waals surface area (Å²) >= 11 is 1.48. The number of rotatable bonds is 3. The molecule has 1 saturated heterocycles. The zero-order valence-corrected chi connectivity index (χ0v) is 12.3. The Morgan fingerprint density at radius 2 is 2.00 bits per heavy atom. The first-order chi connectivity index (χ1) is 9.63. The molecule has 0 aromatic carbocycles. The van der Waals surface area contributed by atoms with Crippen LogP contribution in [0.15, 0.2) is 17.5 Å². The van der Waals surface area contributed by atoms with E-state index in [1.54, 1.807) is 16.7 Å². The van der Waals surface area contributed by atoms with Gasteiger partial charge in [0.2, 0.25) is 5.91 Å². The van der Waals surface area contributed by atoms with Crippen LogP contribution in [0, 0.1) is 0 Å². The Labute approximate surface area is 122 Å². The fourth-order valence-electron chi connectivity index (χ4n) is 2.11. The van der Waals surface area contributed by atoms with Crippen molar-refractivity contribution in [2.45, 2.75) is 13.0 Å². The second kappa shape index (κ2) is 6.71. The molecule has 20 heavy (non-hydrogen) atoms. The quantitative estimate of drug-likeness (QED) is 0.904. The molecule has 1 aliphatic heterocycles. The van der Waals surface area contributed by atoms with Crippen molar-refractivity contribution in [1.82, 2.24) is 9.80 Å². The maximum atomic E-state index is 12.3. The Bertz CT molecular complexity index is 455. The summed E-state index contributed by atoms with van der Waals surface area (Å²) in [7, 11) is 0. The van der Waals surface area contributed by atoms with Crippen molar-refractivity contribution < 1.29 is 14.3 Å². The Kier molecular flexibility index (Phi) is 4.97. The van der Waals surface area contributed by atoms with E-state index in [1.807, 2.05) is 17.5 Å². The van der Waals surface area contributed by atoms with Crippen molar-refractivity contribution in [3.8, 4) is 0 Å². The third kappa shape index (κ3) is 3.29. The standard InChI is InChI=1S/C13H19N3O3S/c1-2-19-13(18)16-7-5-15(6-8-16)12(17)11(14)10-4-3-9-20-10/h3-4,9,11H,2,5-8,14H2,1H3. The number of carbonyl (C=O) groups excluding carboxylic acids is 2. The van der Waals surface area contributed by atoms with E-state index in [1.165, 1.54) is 11.3 Å². The van der Waals surface area contributed by atoms with Gasteiger partial charge in [-0.25, -0.2) is 4.79 Å². The van der Waals surface area contributed by atoms with E-state index in [9.17, 15) is 9.59 Å². The van der Waals surface area contributed by atoms with Gasteiger partial charge in [-0.3, -0.25) is 4.79 Å². The molecular formula is C13H19N3O3S. The average molecular weight is 297 g/mol. The third-order valence-corrected chi connectivity index (χ3v) is 4.19. The minimum atomic E-state index is -0.607. The van der Waals surface area contributed by atoms with E-state index in [-0.39, 0.29) is 12.0 Å². The van der Waals surface area contributed by atoms with Gasteiger partial charge in [0.25, 0.3) is 0 Å². The molecule has 0 radical (unpaired) electrons. The van der Waals surface area contributed by atoms with Gasteiger partial charge in [-0.15, -0.1) is 11.3 Å². The van der Waals surface area contributed by atoms with Crippen molar-refractivity contribution in [2.75, 3.05) is 32.8 Å². The number of piperazine rings is 1. The van der Waals surface area contributed by atoms with Crippen molar-refractivity contribution in [3.63, 3.8) is 0 Å². The Balaban J connectivity index is 1.87. The predicted molar refractivity (Wildman–Crippen MR) is 76.4 cm³/mol. The van der Waals surface area contributed by atoms with Crippen LogP contribution < -0.4 is 5.73 Å². The maximum Gasteiger partial charge on any atom is 0.409 e. The van der Waals surface area contributed by atoms with E-state index in [4.69, 9.17) is 10.5 Å². The molecular weight excluding hydrogens is 278 g/mol. The molecule has 110 valence electrons. The van der Waals surface area contributed by atoms with Crippen LogP contribution >= 0.6 is 11.3 Å². The predicted octanol–water partition coefficient (Wildman–Crippen LogP) is 1.05. The summed E-state index contributed by atoms with van der Waals surface area (Å²) in [5.41, 5.74) is 5.97. The zero-order chi connectivity index (χ0) is 14.5. The first-order valence-electron chi connectivity index (χ1n) is 6.63. The Morgan fingerprint density at radius 1 is 1.35 bits per heavy atom. The van der Waals surface area contributed by atoms with Gasteiger partial charge in [0.05, 0.1) is 6.61 Å². The van der Waals surface area contributed by atoms with E-state index < -0.39 is 6.04 Å². The molecule has 0 saturated carbocycles. The van der Waals surface area contributed by atoms with Crippen molar-refractivity contribution in [1.29, 1.82) is 0 Å². The summed E-state index contributed by atoms with van der Waals surface area (Å²) in [5, 5.41) is 1.90. The molecule has 1 aromatic rings. The van der Waals surface area contributed by atoms with Crippen LogP contribution in [0.2, 0.25) is 0 Å². The van der Waals surface area contributed by atoms with Gasteiger partial charge in [0.15, 0.2) is 0 Å². The first kappa shape index (κ1) is 14.8. The van der Waals surface area contributed by atoms with Crippen molar-refractivity contribution in [3.05, 3.63) is 22.4 Å². The molecule has 1 fully saturated rings. The van der Waals surface area contributed by atoms with Crippen LogP contribution in [0.25, 0.3) is 0 Å². The number of nitrogens with zero attached hydrogens (tertiary/aromatic N) is 2. The fraction of sp³-hybridized carbons (Fsp3) is 0.538. The normalized spacial score (nSPS) is 16.9. The van der Waals surface area contributed by atoms with E-state index >= 15 is 0 Å². The van der Waals surface area contributed by atoms with E-state index in [0.717, 1.165) is 4.88 Å². The molecule has 7 heteroatoms. The van der Waals surface area contributed by atoms with Gasteiger partial charge >= 0.3 is 6.09 Å². The highest BCUT2D eigenvalue weighted by atomic mass is 32.1. The number of hydrogen-bond donors (Lipinski definition) is 1. The molecule has 2 amide bonds. The topological polar surface area (TPSA) is 75.9 Å². The highest BCUT2D eigenvalue weighted by Crippen LogP contribution is 2.19. The number of nitrogens with two attached hydrogens (primary N) is 1. The van der Waals surface area contributed by atoms with Crippen LogP contribution in [0.1, 0.15) is 17.8 Å². The number of ether oxygens (including phenoxy) is 1. The number of carbonyl (C=O) groups is 2. The largest absolute Gasteiger partial charge is 0.450 e. The molecule has 6 nitrogen and oxygen atoms in total. The van der Waals surface area contributed by atoms with Gasteiger partial charge in [0, 0.05) is 31.1 Å². The molecule has 1 aliphatic rings. The average Bonchev–Trinajstić information content (AvgIpc) is 3.00. The molecule has 1 atom stereocenters. The van der Waals surface area contributed by atoms with Crippen LogP contribution in [0.4, 0.5) is 4.79 Å². The Morgan fingerprint density at radius 3 is 2.55 bits per heavy atom. The smallest absolute Gasteiger partial charge is 0.409 e. The lowest BCUT2D eigenvalue weighted by atomic mass is 10.2. The molecule has 1 unspecified atom stereocenters. The molecule has 2 heterocycles. The zero-order valence-electron chi connectivity index (χ0n) is 11.4. The Hall–Kier alpha value is -1.60. The second-order valence-electron chi connectivity index (χ2n) is 4.50. The van der Waals surface area contributed by atoms with Crippen molar-refractivity contribution >= 4 is 23.3 Å². The first-order valence-corrected chi connectivity index (χ1v) is 7.51. The summed E-state index contributed by atoms with van der Waals surface area (Å²) in [5.74, 6) is -0.0871. The lowest BCUT2D eigenvalue weighted by Gasteiger charge is -2.35. The van der Waals surface area contributed by atoms with E-state index in [2.05, 4.69) is 0 Å². The van der Waals surface area contributed by atoms with Crippen LogP contribution in [-0.2, 0) is 9.53 Å². The lowest BCUT2D eigenvalue weighted by Crippen LogP contribution is -2.52. The summed E-state index contributed by atoms with van der Waals surface area (Å²) in [6.07, 6.45) is -0.317. The molecule has 2 N–H and O–H groups in total. The summed E-state index contributed by atoms with van der Waals surface area (Å²) in [4.78, 5) is 28.0. The molecule has 2 rings (SSSR count). The van der Waals surface area contributed by atoms with Gasteiger partial charge in [-0.2, -0.15) is 0 Å². The highest BCUT2D eigenvalue weighted by molar-refractivity contribution is 7.10. The maximum absolute atomic E-state index is 12.3. The van der Waals surface area contributed by atoms with Crippen LogP contribution in [0.3, 0.4) is 0 Å². The lowest BCUT2D eigenvalue weighted by molar-refractivity contribution is -0.134. The number of amides is 2. The monoisotopic (exact) mass is 297 g/mol. The van der Waals surface area contributed by atoms with E-state index in [0.29, 0.717) is 32.8 Å². The SMILES string of the molecule is CCOC(=O)N1CCN(C(=O)C(N)c2cccs2)CC1. The highest BCUT2D eigenvalue weighted by Gasteiger charge is 2.28. The van der Waals surface area contributed by atoms with Gasteiger partial charge in [0.1, 0.15) is 6.04 Å². The molecule has 0 aliphatic carbocycles.